The molecule has 4 aromatic rings. The van der Waals surface area contributed by atoms with Crippen molar-refractivity contribution in [2.45, 2.75) is 11.0 Å². The molecule has 0 aliphatic carbocycles. The first-order chi connectivity index (χ1) is 12.4. The van der Waals surface area contributed by atoms with Gasteiger partial charge in [-0.05, 0) is 5.56 Å². The van der Waals surface area contributed by atoms with Gasteiger partial charge in [-0.2, -0.15) is 0 Å². The lowest BCUT2D eigenvalue weighted by atomic mass is 10.1. The summed E-state index contributed by atoms with van der Waals surface area (Å²) in [6, 6.07) is 30.7. The van der Waals surface area contributed by atoms with Gasteiger partial charge in [0.15, 0.2) is 5.76 Å². The normalized spacial score (nSPS) is 10.7. The maximum absolute atomic E-state index is 6.13. The number of benzene rings is 3. The Morgan fingerprint density at radius 1 is 0.680 bits per heavy atom. The molecule has 0 saturated heterocycles. The van der Waals surface area contributed by atoms with E-state index in [1.54, 1.807) is 11.8 Å². The molecule has 0 aliphatic rings. The Morgan fingerprint density at radius 3 is 1.88 bits per heavy atom. The zero-order valence-corrected chi connectivity index (χ0v) is 14.4. The summed E-state index contributed by atoms with van der Waals surface area (Å²) in [4.78, 5) is 4.77. The summed E-state index contributed by atoms with van der Waals surface area (Å²) >= 11 is 1.62. The lowest BCUT2D eigenvalue weighted by Gasteiger charge is -2.00. The van der Waals surface area contributed by atoms with Gasteiger partial charge in [-0.3, -0.25) is 0 Å². The standard InChI is InChI=1S/C22H17NOS/c1-4-10-17(11-5-1)16-25-22-23-20(18-12-6-2-7-13-18)21(24-22)19-14-8-3-9-15-19/h1-15H,16H2. The van der Waals surface area contributed by atoms with Crippen molar-refractivity contribution >= 4 is 11.8 Å². The number of oxazole rings is 1. The lowest BCUT2D eigenvalue weighted by molar-refractivity contribution is 0.466. The molecule has 0 N–H and O–H groups in total. The number of rotatable bonds is 5. The minimum Gasteiger partial charge on any atom is -0.431 e. The van der Waals surface area contributed by atoms with E-state index in [1.807, 2.05) is 42.5 Å². The predicted molar refractivity (Wildman–Crippen MR) is 103 cm³/mol. The first-order valence-electron chi connectivity index (χ1n) is 8.18. The molecule has 0 atom stereocenters. The van der Waals surface area contributed by atoms with Crippen molar-refractivity contribution < 1.29 is 4.42 Å². The van der Waals surface area contributed by atoms with E-state index in [0.29, 0.717) is 5.22 Å². The third-order valence-corrected chi connectivity index (χ3v) is 4.80. The Balaban J connectivity index is 1.68. The molecule has 1 aromatic heterocycles. The topological polar surface area (TPSA) is 26.0 Å². The molecule has 3 aromatic carbocycles. The molecule has 122 valence electrons. The molecule has 0 unspecified atom stereocenters. The number of hydrogen-bond acceptors (Lipinski definition) is 3. The van der Waals surface area contributed by atoms with Crippen LogP contribution in [-0.2, 0) is 5.75 Å². The van der Waals surface area contributed by atoms with Crippen LogP contribution in [-0.4, -0.2) is 4.98 Å². The maximum Gasteiger partial charge on any atom is 0.257 e. The van der Waals surface area contributed by atoms with Crippen LogP contribution in [0.5, 0.6) is 0 Å². The van der Waals surface area contributed by atoms with Crippen LogP contribution in [0.25, 0.3) is 22.6 Å². The van der Waals surface area contributed by atoms with E-state index in [1.165, 1.54) is 5.56 Å². The summed E-state index contributed by atoms with van der Waals surface area (Å²) < 4.78 is 6.13. The van der Waals surface area contributed by atoms with E-state index >= 15 is 0 Å². The molecule has 0 bridgehead atoms. The van der Waals surface area contributed by atoms with Gasteiger partial charge in [-0.1, -0.05) is 103 Å². The van der Waals surface area contributed by atoms with Gasteiger partial charge >= 0.3 is 0 Å². The molecule has 0 radical (unpaired) electrons. The highest BCUT2D eigenvalue weighted by Gasteiger charge is 2.17. The summed E-state index contributed by atoms with van der Waals surface area (Å²) in [5.74, 6) is 1.66. The van der Waals surface area contributed by atoms with Crippen molar-refractivity contribution in [2.75, 3.05) is 0 Å². The Bertz CT molecular complexity index is 877. The fourth-order valence-corrected chi connectivity index (χ4v) is 3.44. The van der Waals surface area contributed by atoms with Crippen LogP contribution in [0.4, 0.5) is 0 Å². The summed E-state index contributed by atoms with van der Waals surface area (Å²) in [5.41, 5.74) is 4.26. The highest BCUT2D eigenvalue weighted by atomic mass is 32.2. The Morgan fingerprint density at radius 2 is 1.24 bits per heavy atom. The van der Waals surface area contributed by atoms with Crippen molar-refractivity contribution in [3.05, 3.63) is 96.6 Å². The second kappa shape index (κ2) is 7.41. The van der Waals surface area contributed by atoms with E-state index < -0.39 is 0 Å². The van der Waals surface area contributed by atoms with Gasteiger partial charge in [0.2, 0.25) is 0 Å². The Labute approximate surface area is 151 Å². The molecule has 0 saturated carbocycles. The fourth-order valence-electron chi connectivity index (χ4n) is 2.66. The Hall–Kier alpha value is -2.78. The summed E-state index contributed by atoms with van der Waals surface area (Å²) in [7, 11) is 0. The Kier molecular flexibility index (Phi) is 4.66. The minimum absolute atomic E-state index is 0.696. The zero-order valence-electron chi connectivity index (χ0n) is 13.6. The zero-order chi connectivity index (χ0) is 16.9. The maximum atomic E-state index is 6.13. The first kappa shape index (κ1) is 15.7. The molecule has 0 fully saturated rings. The van der Waals surface area contributed by atoms with Crippen LogP contribution < -0.4 is 0 Å². The molecule has 4 rings (SSSR count). The number of nitrogens with zero attached hydrogens (tertiary/aromatic N) is 1. The van der Waals surface area contributed by atoms with Gasteiger partial charge in [0.1, 0.15) is 5.69 Å². The van der Waals surface area contributed by atoms with E-state index in [0.717, 1.165) is 28.3 Å². The number of aromatic nitrogens is 1. The van der Waals surface area contributed by atoms with Gasteiger partial charge in [0, 0.05) is 16.9 Å². The van der Waals surface area contributed by atoms with E-state index in [9.17, 15) is 0 Å². The summed E-state index contributed by atoms with van der Waals surface area (Å²) in [6.45, 7) is 0. The van der Waals surface area contributed by atoms with E-state index in [4.69, 9.17) is 9.40 Å². The molecule has 3 heteroatoms. The van der Waals surface area contributed by atoms with Crippen LogP contribution in [0.2, 0.25) is 0 Å². The summed E-state index contributed by atoms with van der Waals surface area (Å²) in [6.07, 6.45) is 0. The quantitative estimate of drug-likeness (QED) is 0.398. The number of thioether (sulfide) groups is 1. The molecule has 0 spiro atoms. The molecule has 0 aliphatic heterocycles. The van der Waals surface area contributed by atoms with Gasteiger partial charge < -0.3 is 4.42 Å². The molecular weight excluding hydrogens is 326 g/mol. The third-order valence-electron chi connectivity index (χ3n) is 3.90. The third kappa shape index (κ3) is 3.67. The fraction of sp³-hybridized carbons (Fsp3) is 0.0455. The van der Waals surface area contributed by atoms with Crippen molar-refractivity contribution in [1.82, 2.24) is 4.98 Å². The van der Waals surface area contributed by atoms with E-state index in [-0.39, 0.29) is 0 Å². The van der Waals surface area contributed by atoms with Crippen molar-refractivity contribution in [3.63, 3.8) is 0 Å². The van der Waals surface area contributed by atoms with Crippen LogP contribution in [0.3, 0.4) is 0 Å². The molecule has 0 amide bonds. The van der Waals surface area contributed by atoms with Crippen LogP contribution in [0, 0.1) is 0 Å². The second-order valence-corrected chi connectivity index (χ2v) is 6.59. The SMILES string of the molecule is c1ccc(CSc2nc(-c3ccccc3)c(-c3ccccc3)o2)cc1. The average Bonchev–Trinajstić information content (AvgIpc) is 3.13. The van der Waals surface area contributed by atoms with Crippen molar-refractivity contribution in [3.8, 4) is 22.6 Å². The van der Waals surface area contributed by atoms with Crippen molar-refractivity contribution in [1.29, 1.82) is 0 Å². The van der Waals surface area contributed by atoms with Gasteiger partial charge in [-0.15, -0.1) is 0 Å². The molecular formula is C22H17NOS. The lowest BCUT2D eigenvalue weighted by Crippen LogP contribution is -1.82. The monoisotopic (exact) mass is 343 g/mol. The predicted octanol–water partition coefficient (Wildman–Crippen LogP) is 6.30. The highest BCUT2D eigenvalue weighted by Crippen LogP contribution is 2.36. The minimum atomic E-state index is 0.696. The van der Waals surface area contributed by atoms with Crippen LogP contribution in [0.1, 0.15) is 5.56 Å². The largest absolute Gasteiger partial charge is 0.431 e. The highest BCUT2D eigenvalue weighted by molar-refractivity contribution is 7.98. The average molecular weight is 343 g/mol. The van der Waals surface area contributed by atoms with Gasteiger partial charge in [0.25, 0.3) is 5.22 Å². The second-order valence-electron chi connectivity index (χ2n) is 5.66. The first-order valence-corrected chi connectivity index (χ1v) is 9.17. The van der Waals surface area contributed by atoms with Gasteiger partial charge in [-0.25, -0.2) is 4.98 Å². The number of hydrogen-bond donors (Lipinski definition) is 0. The van der Waals surface area contributed by atoms with Gasteiger partial charge in [0.05, 0.1) is 0 Å². The molecule has 2 nitrogen and oxygen atoms in total. The molecule has 1 heterocycles. The van der Waals surface area contributed by atoms with Crippen molar-refractivity contribution in [2.24, 2.45) is 0 Å². The summed E-state index contributed by atoms with van der Waals surface area (Å²) in [5, 5.41) is 0.696. The van der Waals surface area contributed by atoms with Crippen LogP contribution >= 0.6 is 11.8 Å². The molecule has 25 heavy (non-hydrogen) atoms. The smallest absolute Gasteiger partial charge is 0.257 e. The van der Waals surface area contributed by atoms with Crippen LogP contribution in [0.15, 0.2) is 101 Å². The van der Waals surface area contributed by atoms with E-state index in [2.05, 4.69) is 48.5 Å².